The number of H-pyrrole nitrogens is 1. The van der Waals surface area contributed by atoms with Gasteiger partial charge in [0.05, 0.1) is 29.2 Å². The van der Waals surface area contributed by atoms with Crippen LogP contribution in [0.15, 0.2) is 158 Å². The Hall–Kier alpha value is -8.46. The Balaban J connectivity index is 0.000000194. The van der Waals surface area contributed by atoms with Gasteiger partial charge in [0.25, 0.3) is 0 Å². The summed E-state index contributed by atoms with van der Waals surface area (Å²) in [5, 5.41) is 78.4. The SMILES string of the molecule is C.C.C.Oc1ccccc1-c1cn(-c2ccccc2O)nn1.Oc1ccccc1-c1cnc(-c2ccccc2O)[nH]1.Oc1ccccc1-c1nnn(-c2ccccc2O)n1. The highest BCUT2D eigenvalue weighted by Gasteiger charge is 2.14. The van der Waals surface area contributed by atoms with Crippen LogP contribution in [0.4, 0.5) is 0 Å². The van der Waals surface area contributed by atoms with E-state index in [9.17, 15) is 30.6 Å². The highest BCUT2D eigenvalue weighted by atomic mass is 16.3. The van der Waals surface area contributed by atoms with Crippen molar-refractivity contribution >= 4 is 0 Å². The van der Waals surface area contributed by atoms with Gasteiger partial charge in [-0.2, -0.15) is 0 Å². The van der Waals surface area contributed by atoms with Crippen LogP contribution in [0.5, 0.6) is 34.5 Å². The highest BCUT2D eigenvalue weighted by molar-refractivity contribution is 5.71. The van der Waals surface area contributed by atoms with E-state index >= 15 is 0 Å². The van der Waals surface area contributed by atoms with Gasteiger partial charge in [-0.1, -0.05) is 100 Å². The summed E-state index contributed by atoms with van der Waals surface area (Å²) >= 11 is 0. The molecule has 60 heavy (non-hydrogen) atoms. The molecule has 0 spiro atoms. The van der Waals surface area contributed by atoms with E-state index in [1.807, 2.05) is 18.2 Å². The van der Waals surface area contributed by atoms with Gasteiger partial charge in [-0.05, 0) is 78.0 Å². The molecule has 0 atom stereocenters. The minimum atomic E-state index is 0. The van der Waals surface area contributed by atoms with Crippen molar-refractivity contribution in [2.75, 3.05) is 0 Å². The third-order valence-corrected chi connectivity index (χ3v) is 8.39. The molecule has 0 saturated heterocycles. The maximum atomic E-state index is 9.80. The molecule has 15 nitrogen and oxygen atoms in total. The third kappa shape index (κ3) is 9.91. The predicted molar refractivity (Wildman–Crippen MR) is 231 cm³/mol. The fraction of sp³-hybridized carbons (Fsp3) is 0.0667. The maximum Gasteiger partial charge on any atom is 0.209 e. The standard InChI is InChI=1S/C15H12N2O2.C14H11N3O2.C13H10N4O2.3CH4/c18-13-7-3-1-5-10(13)12-9-16-15(17-12)11-6-2-4-8-14(11)19;18-13-7-3-1-5-10(13)11-9-17(16-15-11)12-6-2-4-8-14(12)19;18-11-7-3-1-5-9(11)13-14-16-17(15-13)10-6-2-4-8-12(10)19;;;/h1-9,18-19H,(H,16,17);1-9,18-19H;1-8,18-19H;3*1H4. The van der Waals surface area contributed by atoms with Crippen molar-refractivity contribution in [1.82, 2.24) is 45.2 Å². The average molecular weight is 808 g/mol. The number of aromatic hydroxyl groups is 6. The quantitative estimate of drug-likeness (QED) is 0.0835. The maximum absolute atomic E-state index is 9.80. The normalized spacial score (nSPS) is 10.0. The van der Waals surface area contributed by atoms with E-state index in [1.54, 1.807) is 140 Å². The monoisotopic (exact) mass is 807 g/mol. The predicted octanol–water partition coefficient (Wildman–Crippen LogP) is 9.15. The number of tetrazole rings is 1. The highest BCUT2D eigenvalue weighted by Crippen LogP contribution is 2.32. The van der Waals surface area contributed by atoms with Gasteiger partial charge >= 0.3 is 0 Å². The van der Waals surface area contributed by atoms with Crippen molar-refractivity contribution in [2.24, 2.45) is 0 Å². The van der Waals surface area contributed by atoms with E-state index in [4.69, 9.17) is 0 Å². The van der Waals surface area contributed by atoms with Crippen LogP contribution < -0.4 is 0 Å². The number of hydrogen-bond donors (Lipinski definition) is 7. The third-order valence-electron chi connectivity index (χ3n) is 8.39. The molecule has 0 aliphatic heterocycles. The molecule has 0 amide bonds. The van der Waals surface area contributed by atoms with Crippen LogP contribution in [0.25, 0.3) is 56.7 Å². The van der Waals surface area contributed by atoms with Crippen LogP contribution in [-0.4, -0.2) is 75.8 Å². The smallest absolute Gasteiger partial charge is 0.209 e. The van der Waals surface area contributed by atoms with Crippen molar-refractivity contribution in [1.29, 1.82) is 0 Å². The molecule has 0 aliphatic carbocycles. The Morgan fingerprint density at radius 1 is 0.433 bits per heavy atom. The van der Waals surface area contributed by atoms with Gasteiger partial charge in [-0.25, -0.2) is 9.67 Å². The molecule has 0 radical (unpaired) electrons. The van der Waals surface area contributed by atoms with Crippen molar-refractivity contribution in [3.05, 3.63) is 158 Å². The van der Waals surface area contributed by atoms with Gasteiger partial charge in [0.1, 0.15) is 57.4 Å². The number of imidazole rings is 1. The Bertz CT molecular complexity index is 2280. The number of benzene rings is 6. The second kappa shape index (κ2) is 20.1. The number of phenols is 6. The van der Waals surface area contributed by atoms with Gasteiger partial charge in [0.15, 0.2) is 0 Å². The number of phenolic OH excluding ortho intramolecular Hbond substituents is 6. The van der Waals surface area contributed by atoms with Crippen LogP contribution in [0.1, 0.15) is 22.3 Å². The van der Waals surface area contributed by atoms with E-state index in [2.05, 4.69) is 35.7 Å². The average Bonchev–Trinajstić information content (AvgIpc) is 4.02. The summed E-state index contributed by atoms with van der Waals surface area (Å²) in [5.41, 5.74) is 4.61. The van der Waals surface area contributed by atoms with Crippen LogP contribution in [-0.2, 0) is 0 Å². The summed E-state index contributed by atoms with van der Waals surface area (Å²) in [5.74, 6) is 1.62. The van der Waals surface area contributed by atoms with E-state index in [0.717, 1.165) is 0 Å². The summed E-state index contributed by atoms with van der Waals surface area (Å²) in [6.45, 7) is 0. The second-order valence-corrected chi connectivity index (χ2v) is 12.1. The van der Waals surface area contributed by atoms with E-state index in [-0.39, 0.29) is 56.8 Å². The van der Waals surface area contributed by atoms with Crippen molar-refractivity contribution < 1.29 is 30.6 Å². The lowest BCUT2D eigenvalue weighted by Gasteiger charge is -2.02. The van der Waals surface area contributed by atoms with Gasteiger partial charge in [-0.15, -0.1) is 20.1 Å². The Morgan fingerprint density at radius 3 is 1.42 bits per heavy atom. The second-order valence-electron chi connectivity index (χ2n) is 12.1. The van der Waals surface area contributed by atoms with Crippen molar-refractivity contribution in [2.45, 2.75) is 22.3 Å². The largest absolute Gasteiger partial charge is 0.507 e. The number of rotatable bonds is 6. The first-order valence-corrected chi connectivity index (χ1v) is 17.2. The molecule has 6 aromatic carbocycles. The topological polar surface area (TPSA) is 224 Å². The number of aromatic amines is 1. The summed E-state index contributed by atoms with van der Waals surface area (Å²) in [4.78, 5) is 8.55. The van der Waals surface area contributed by atoms with Gasteiger partial charge < -0.3 is 35.6 Å². The molecule has 0 unspecified atom stereocenters. The molecule has 0 fully saturated rings. The Labute approximate surface area is 346 Å². The summed E-state index contributed by atoms with van der Waals surface area (Å²) < 4.78 is 1.47. The summed E-state index contributed by atoms with van der Waals surface area (Å²) in [6, 6.07) is 41.2. The van der Waals surface area contributed by atoms with Crippen molar-refractivity contribution in [3.8, 4) is 91.2 Å². The molecule has 7 N–H and O–H groups in total. The van der Waals surface area contributed by atoms with Gasteiger partial charge in [-0.3, -0.25) is 0 Å². The van der Waals surface area contributed by atoms with Gasteiger partial charge in [0, 0.05) is 11.1 Å². The zero-order valence-electron chi connectivity index (χ0n) is 29.8. The first-order chi connectivity index (χ1) is 27.8. The molecule has 3 heterocycles. The van der Waals surface area contributed by atoms with Gasteiger partial charge in [0.2, 0.25) is 5.82 Å². The molecule has 0 bridgehead atoms. The van der Waals surface area contributed by atoms with Crippen LogP contribution in [0.3, 0.4) is 0 Å². The molecular formula is C45H45N9O6. The molecule has 306 valence electrons. The molecule has 15 heteroatoms. The number of hydrogen-bond acceptors (Lipinski definition) is 12. The van der Waals surface area contributed by atoms with E-state index in [0.29, 0.717) is 56.7 Å². The first-order valence-electron chi connectivity index (χ1n) is 17.2. The summed E-state index contributed by atoms with van der Waals surface area (Å²) in [6.07, 6.45) is 3.29. The minimum Gasteiger partial charge on any atom is -0.507 e. The molecular weight excluding hydrogens is 763 g/mol. The number of nitrogens with one attached hydrogen (secondary N) is 1. The fourth-order valence-electron chi connectivity index (χ4n) is 5.54. The number of nitrogens with zero attached hydrogens (tertiary/aromatic N) is 8. The first kappa shape index (κ1) is 44.3. The lowest BCUT2D eigenvalue weighted by molar-refractivity contribution is 0.466. The van der Waals surface area contributed by atoms with Crippen LogP contribution >= 0.6 is 0 Å². The number of aromatic nitrogens is 9. The molecule has 9 aromatic rings. The Morgan fingerprint density at radius 2 is 0.883 bits per heavy atom. The van der Waals surface area contributed by atoms with E-state index < -0.39 is 0 Å². The summed E-state index contributed by atoms with van der Waals surface area (Å²) in [7, 11) is 0. The van der Waals surface area contributed by atoms with Crippen LogP contribution in [0.2, 0.25) is 0 Å². The minimum absolute atomic E-state index is 0. The zero-order valence-corrected chi connectivity index (χ0v) is 29.8. The molecule has 9 rings (SSSR count). The molecule has 0 saturated carbocycles. The van der Waals surface area contributed by atoms with E-state index in [1.165, 1.54) is 9.48 Å². The zero-order chi connectivity index (χ0) is 39.7. The lowest BCUT2D eigenvalue weighted by atomic mass is 10.1. The van der Waals surface area contributed by atoms with Crippen LogP contribution in [0, 0.1) is 0 Å². The fourth-order valence-corrected chi connectivity index (χ4v) is 5.54. The number of para-hydroxylation sites is 8. The molecule has 0 aliphatic rings. The van der Waals surface area contributed by atoms with Crippen molar-refractivity contribution in [3.63, 3.8) is 0 Å². The molecule has 3 aromatic heterocycles. The Kier molecular flexibility index (Phi) is 14.8. The lowest BCUT2D eigenvalue weighted by Crippen LogP contribution is -1.99.